The minimum Gasteiger partial charge on any atom is -0.478 e. The number of nitro benzene ring substituents is 1. The van der Waals surface area contributed by atoms with E-state index in [0.717, 1.165) is 12.8 Å². The Morgan fingerprint density at radius 3 is 2.65 bits per heavy atom. The van der Waals surface area contributed by atoms with Crippen molar-refractivity contribution in [3.05, 3.63) is 28.3 Å². The lowest BCUT2D eigenvalue weighted by Gasteiger charge is -2.36. The lowest BCUT2D eigenvalue weighted by atomic mass is 9.99. The highest BCUT2D eigenvalue weighted by molar-refractivity contribution is 6.04. The number of amides is 2. The Kier molecular flexibility index (Phi) is 5.11. The van der Waals surface area contributed by atoms with Crippen molar-refractivity contribution in [2.75, 3.05) is 24.5 Å². The first kappa shape index (κ1) is 18.2. The highest BCUT2D eigenvalue weighted by Crippen LogP contribution is 2.37. The molecule has 0 spiro atoms. The number of benzene rings is 1. The van der Waals surface area contributed by atoms with Crippen molar-refractivity contribution in [3.63, 3.8) is 0 Å². The van der Waals surface area contributed by atoms with Crippen molar-refractivity contribution in [2.24, 2.45) is 5.92 Å². The first-order chi connectivity index (χ1) is 12.4. The van der Waals surface area contributed by atoms with E-state index in [0.29, 0.717) is 31.2 Å². The minimum atomic E-state index is -0.682. The molecule has 0 bridgehead atoms. The summed E-state index contributed by atoms with van der Waals surface area (Å²) in [5.74, 6) is 0.512. The second-order valence-corrected chi connectivity index (χ2v) is 6.91. The Balaban J connectivity index is 1.86. The van der Waals surface area contributed by atoms with Crippen LogP contribution < -0.4 is 9.64 Å². The molecular weight excluding hydrogens is 338 g/mol. The molecule has 26 heavy (non-hydrogen) atoms. The fourth-order valence-corrected chi connectivity index (χ4v) is 3.34. The summed E-state index contributed by atoms with van der Waals surface area (Å²) in [4.78, 5) is 39.1. The SMILES string of the molecule is CCC1Oc2ccc([N+](=O)[O-])cc2N(CC(=O)N2CCC(C)CC2)C1=O. The van der Waals surface area contributed by atoms with Crippen LogP contribution in [0.2, 0.25) is 0 Å². The van der Waals surface area contributed by atoms with Gasteiger partial charge < -0.3 is 9.64 Å². The number of piperidine rings is 1. The molecule has 1 aromatic carbocycles. The lowest BCUT2D eigenvalue weighted by Crippen LogP contribution is -2.51. The molecule has 0 aromatic heterocycles. The fraction of sp³-hybridized carbons (Fsp3) is 0.556. The van der Waals surface area contributed by atoms with Crippen LogP contribution in [0.25, 0.3) is 0 Å². The third kappa shape index (κ3) is 3.49. The number of likely N-dealkylation sites (tertiary alicyclic amines) is 1. The molecule has 2 heterocycles. The molecule has 0 radical (unpaired) electrons. The number of hydrogen-bond donors (Lipinski definition) is 0. The summed E-state index contributed by atoms with van der Waals surface area (Å²) in [5.41, 5.74) is 0.145. The van der Waals surface area contributed by atoms with Gasteiger partial charge in [-0.15, -0.1) is 0 Å². The Morgan fingerprint density at radius 2 is 2.04 bits per heavy atom. The molecule has 1 saturated heterocycles. The number of anilines is 1. The molecule has 1 unspecified atom stereocenters. The maximum Gasteiger partial charge on any atom is 0.271 e. The maximum atomic E-state index is 12.7. The van der Waals surface area contributed by atoms with E-state index in [4.69, 9.17) is 4.74 Å². The Hall–Kier alpha value is -2.64. The van der Waals surface area contributed by atoms with Gasteiger partial charge >= 0.3 is 0 Å². The molecule has 2 aliphatic heterocycles. The van der Waals surface area contributed by atoms with Crippen molar-refractivity contribution in [1.29, 1.82) is 0 Å². The Morgan fingerprint density at radius 1 is 1.35 bits per heavy atom. The van der Waals surface area contributed by atoms with Crippen LogP contribution in [0.1, 0.15) is 33.1 Å². The van der Waals surface area contributed by atoms with E-state index in [1.165, 1.54) is 23.1 Å². The molecular formula is C18H23N3O5. The van der Waals surface area contributed by atoms with E-state index in [2.05, 4.69) is 6.92 Å². The number of hydrogen-bond acceptors (Lipinski definition) is 5. The number of carbonyl (C=O) groups excluding carboxylic acids is 2. The van der Waals surface area contributed by atoms with Crippen molar-refractivity contribution in [2.45, 2.75) is 39.2 Å². The summed E-state index contributed by atoms with van der Waals surface area (Å²) in [6, 6.07) is 4.13. The molecule has 1 atom stereocenters. The van der Waals surface area contributed by atoms with Gasteiger partial charge in [-0.1, -0.05) is 13.8 Å². The molecule has 140 valence electrons. The number of carbonyl (C=O) groups is 2. The Bertz CT molecular complexity index is 728. The highest BCUT2D eigenvalue weighted by Gasteiger charge is 2.36. The predicted octanol–water partition coefficient (Wildman–Crippen LogP) is 2.36. The molecule has 1 aromatic rings. The van der Waals surface area contributed by atoms with Crippen molar-refractivity contribution < 1.29 is 19.2 Å². The largest absolute Gasteiger partial charge is 0.478 e. The number of non-ortho nitro benzene ring substituents is 1. The molecule has 0 aliphatic carbocycles. The summed E-state index contributed by atoms with van der Waals surface area (Å²) in [7, 11) is 0. The normalized spacial score (nSPS) is 20.5. The van der Waals surface area contributed by atoms with Crippen LogP contribution in [0, 0.1) is 16.0 Å². The van der Waals surface area contributed by atoms with Crippen LogP contribution in [0.15, 0.2) is 18.2 Å². The smallest absolute Gasteiger partial charge is 0.271 e. The van der Waals surface area contributed by atoms with Crippen LogP contribution in [0.4, 0.5) is 11.4 Å². The molecule has 2 amide bonds. The topological polar surface area (TPSA) is 93.0 Å². The van der Waals surface area contributed by atoms with Crippen LogP contribution in [-0.4, -0.2) is 47.4 Å². The summed E-state index contributed by atoms with van der Waals surface area (Å²) in [6.07, 6.45) is 1.67. The summed E-state index contributed by atoms with van der Waals surface area (Å²) in [5, 5.41) is 11.1. The summed E-state index contributed by atoms with van der Waals surface area (Å²) >= 11 is 0. The van der Waals surface area contributed by atoms with Gasteiger partial charge in [-0.05, 0) is 31.2 Å². The van der Waals surface area contributed by atoms with Gasteiger partial charge in [-0.3, -0.25) is 24.6 Å². The second kappa shape index (κ2) is 7.31. The average molecular weight is 361 g/mol. The van der Waals surface area contributed by atoms with Crippen molar-refractivity contribution in [1.82, 2.24) is 4.90 Å². The zero-order chi connectivity index (χ0) is 18.8. The van der Waals surface area contributed by atoms with E-state index < -0.39 is 11.0 Å². The maximum absolute atomic E-state index is 12.7. The quantitative estimate of drug-likeness (QED) is 0.606. The zero-order valence-corrected chi connectivity index (χ0v) is 15.0. The third-order valence-corrected chi connectivity index (χ3v) is 5.06. The van der Waals surface area contributed by atoms with E-state index in [-0.39, 0.29) is 29.7 Å². The Labute approximate surface area is 151 Å². The molecule has 1 fully saturated rings. The van der Waals surface area contributed by atoms with Crippen molar-refractivity contribution in [3.8, 4) is 5.75 Å². The minimum absolute atomic E-state index is 0.124. The van der Waals surface area contributed by atoms with E-state index in [9.17, 15) is 19.7 Å². The van der Waals surface area contributed by atoms with Gasteiger partial charge in [-0.2, -0.15) is 0 Å². The van der Waals surface area contributed by atoms with Gasteiger partial charge in [0.05, 0.1) is 10.6 Å². The first-order valence-electron chi connectivity index (χ1n) is 8.95. The summed E-state index contributed by atoms with van der Waals surface area (Å²) in [6.45, 7) is 5.22. The second-order valence-electron chi connectivity index (χ2n) is 6.91. The predicted molar refractivity (Wildman–Crippen MR) is 95.1 cm³/mol. The van der Waals surface area contributed by atoms with Crippen molar-refractivity contribution >= 4 is 23.2 Å². The molecule has 0 N–H and O–H groups in total. The molecule has 8 nitrogen and oxygen atoms in total. The first-order valence-corrected chi connectivity index (χ1v) is 8.95. The number of rotatable bonds is 4. The van der Waals surface area contributed by atoms with Crippen LogP contribution in [-0.2, 0) is 9.59 Å². The van der Waals surface area contributed by atoms with Gasteiger partial charge in [0.15, 0.2) is 6.10 Å². The van der Waals surface area contributed by atoms with Gasteiger partial charge in [0.2, 0.25) is 5.91 Å². The van der Waals surface area contributed by atoms with Gasteiger partial charge in [-0.25, -0.2) is 0 Å². The third-order valence-electron chi connectivity index (χ3n) is 5.06. The van der Waals surface area contributed by atoms with Gasteiger partial charge in [0.25, 0.3) is 11.6 Å². The van der Waals surface area contributed by atoms with Crippen LogP contribution >= 0.6 is 0 Å². The van der Waals surface area contributed by atoms with Gasteiger partial charge in [0.1, 0.15) is 12.3 Å². The lowest BCUT2D eigenvalue weighted by molar-refractivity contribution is -0.384. The monoisotopic (exact) mass is 361 g/mol. The standard InChI is InChI=1S/C18H23N3O5/c1-3-15-18(23)20(11-17(22)19-8-6-12(2)7-9-19)14-10-13(21(24)25)4-5-16(14)26-15/h4-5,10,12,15H,3,6-9,11H2,1-2H3. The fourth-order valence-electron chi connectivity index (χ4n) is 3.34. The molecule has 0 saturated carbocycles. The number of nitrogens with zero attached hydrogens (tertiary/aromatic N) is 3. The number of fused-ring (bicyclic) bond motifs is 1. The van der Waals surface area contributed by atoms with Crippen LogP contribution in [0.5, 0.6) is 5.75 Å². The molecule has 3 rings (SSSR count). The van der Waals surface area contributed by atoms with E-state index >= 15 is 0 Å². The highest BCUT2D eigenvalue weighted by atomic mass is 16.6. The zero-order valence-electron chi connectivity index (χ0n) is 15.0. The van der Waals surface area contributed by atoms with E-state index in [1.54, 1.807) is 4.90 Å². The summed E-state index contributed by atoms with van der Waals surface area (Å²) < 4.78 is 5.66. The number of nitro groups is 1. The molecule has 8 heteroatoms. The average Bonchev–Trinajstić information content (AvgIpc) is 2.63. The molecule has 2 aliphatic rings. The van der Waals surface area contributed by atoms with Gasteiger partial charge in [0, 0.05) is 25.2 Å². The van der Waals surface area contributed by atoms with E-state index in [1.807, 2.05) is 6.92 Å². The number of ether oxygens (including phenoxy) is 1. The van der Waals surface area contributed by atoms with Crippen LogP contribution in [0.3, 0.4) is 0 Å².